The van der Waals surface area contributed by atoms with Crippen LogP contribution in [-0.2, 0) is 4.79 Å². The second-order valence-corrected chi connectivity index (χ2v) is 5.61. The summed E-state index contributed by atoms with van der Waals surface area (Å²) in [7, 11) is 0. The SMILES string of the molecule is O=C([O-])CCCCCCCC(O)CCCCCCCO. The van der Waals surface area contributed by atoms with Gasteiger partial charge in [-0.05, 0) is 32.1 Å². The fourth-order valence-corrected chi connectivity index (χ4v) is 2.35. The molecule has 120 valence electrons. The van der Waals surface area contributed by atoms with Crippen LogP contribution in [0.15, 0.2) is 0 Å². The molecule has 0 aromatic carbocycles. The van der Waals surface area contributed by atoms with Gasteiger partial charge in [0.25, 0.3) is 0 Å². The summed E-state index contributed by atoms with van der Waals surface area (Å²) in [4.78, 5) is 10.2. The largest absolute Gasteiger partial charge is 0.550 e. The molecule has 4 heteroatoms. The number of unbranched alkanes of at least 4 members (excludes halogenated alkanes) is 8. The van der Waals surface area contributed by atoms with Gasteiger partial charge in [-0.3, -0.25) is 0 Å². The number of hydrogen-bond acceptors (Lipinski definition) is 4. The molecule has 0 amide bonds. The Morgan fingerprint density at radius 1 is 0.800 bits per heavy atom. The molecule has 1 atom stereocenters. The van der Waals surface area contributed by atoms with Crippen LogP contribution in [0.2, 0.25) is 0 Å². The molecule has 2 N–H and O–H groups in total. The number of rotatable bonds is 15. The maximum absolute atomic E-state index is 10.2. The highest BCUT2D eigenvalue weighted by molar-refractivity contribution is 5.63. The Balaban J connectivity index is 3.16. The number of aliphatic carboxylic acids is 1. The zero-order valence-corrected chi connectivity index (χ0v) is 12.7. The van der Waals surface area contributed by atoms with Crippen LogP contribution in [0.25, 0.3) is 0 Å². The minimum Gasteiger partial charge on any atom is -0.550 e. The molecule has 0 aromatic rings. The molecule has 0 aliphatic rings. The molecular formula is C16H31O4-. The molecule has 0 rings (SSSR count). The Hall–Kier alpha value is -0.610. The maximum atomic E-state index is 10.2. The molecule has 1 unspecified atom stereocenters. The van der Waals surface area contributed by atoms with E-state index in [2.05, 4.69) is 0 Å². The van der Waals surface area contributed by atoms with Crippen molar-refractivity contribution in [3.05, 3.63) is 0 Å². The molecule has 0 aliphatic heterocycles. The van der Waals surface area contributed by atoms with Crippen LogP contribution in [0.4, 0.5) is 0 Å². The van der Waals surface area contributed by atoms with Gasteiger partial charge in [0.15, 0.2) is 0 Å². The van der Waals surface area contributed by atoms with Crippen molar-refractivity contribution >= 4 is 5.97 Å². The minimum atomic E-state index is -0.959. The first-order chi connectivity index (χ1) is 9.66. The van der Waals surface area contributed by atoms with Gasteiger partial charge in [-0.25, -0.2) is 0 Å². The predicted octanol–water partition coefficient (Wildman–Crippen LogP) is 2.16. The van der Waals surface area contributed by atoms with Gasteiger partial charge in [-0.2, -0.15) is 0 Å². The van der Waals surface area contributed by atoms with E-state index in [1.165, 1.54) is 0 Å². The number of carboxylic acid groups (broad SMARTS) is 1. The molecule has 0 saturated heterocycles. The van der Waals surface area contributed by atoms with Gasteiger partial charge in [0.1, 0.15) is 0 Å². The lowest BCUT2D eigenvalue weighted by molar-refractivity contribution is -0.305. The zero-order valence-electron chi connectivity index (χ0n) is 12.7. The van der Waals surface area contributed by atoms with Crippen molar-refractivity contribution in [3.63, 3.8) is 0 Å². The topological polar surface area (TPSA) is 80.6 Å². The molecule has 0 heterocycles. The van der Waals surface area contributed by atoms with E-state index in [9.17, 15) is 15.0 Å². The van der Waals surface area contributed by atoms with Crippen molar-refractivity contribution in [1.29, 1.82) is 0 Å². The summed E-state index contributed by atoms with van der Waals surface area (Å²) in [5.41, 5.74) is 0. The smallest absolute Gasteiger partial charge is 0.0540 e. The van der Waals surface area contributed by atoms with Crippen molar-refractivity contribution in [2.45, 2.75) is 89.6 Å². The fourth-order valence-electron chi connectivity index (χ4n) is 2.35. The van der Waals surface area contributed by atoms with Crippen LogP contribution in [0.1, 0.15) is 83.5 Å². The lowest BCUT2D eigenvalue weighted by atomic mass is 10.0. The molecule has 20 heavy (non-hydrogen) atoms. The van der Waals surface area contributed by atoms with Gasteiger partial charge in [0.2, 0.25) is 0 Å². The molecule has 0 saturated carbocycles. The molecule has 0 aromatic heterocycles. The van der Waals surface area contributed by atoms with E-state index in [1.807, 2.05) is 0 Å². The van der Waals surface area contributed by atoms with E-state index >= 15 is 0 Å². The molecular weight excluding hydrogens is 256 g/mol. The number of aliphatic hydroxyl groups is 2. The molecule has 0 fully saturated rings. The van der Waals surface area contributed by atoms with E-state index < -0.39 is 5.97 Å². The van der Waals surface area contributed by atoms with Crippen molar-refractivity contribution in [2.24, 2.45) is 0 Å². The van der Waals surface area contributed by atoms with E-state index in [4.69, 9.17) is 5.11 Å². The zero-order chi connectivity index (χ0) is 15.1. The molecule has 0 bridgehead atoms. The maximum Gasteiger partial charge on any atom is 0.0540 e. The van der Waals surface area contributed by atoms with E-state index in [-0.39, 0.29) is 19.1 Å². The van der Waals surface area contributed by atoms with E-state index in [0.717, 1.165) is 70.6 Å². The summed E-state index contributed by atoms with van der Waals surface area (Å²) >= 11 is 0. The summed E-state index contributed by atoms with van der Waals surface area (Å²) < 4.78 is 0. The number of carboxylic acids is 1. The molecule has 0 spiro atoms. The summed E-state index contributed by atoms with van der Waals surface area (Å²) in [6, 6.07) is 0. The summed E-state index contributed by atoms with van der Waals surface area (Å²) in [5.74, 6) is -0.959. The van der Waals surface area contributed by atoms with Gasteiger partial charge >= 0.3 is 0 Å². The first-order valence-electron chi connectivity index (χ1n) is 8.15. The number of aliphatic hydroxyl groups excluding tert-OH is 2. The fraction of sp³-hybridized carbons (Fsp3) is 0.938. The highest BCUT2D eigenvalue weighted by Gasteiger charge is 2.03. The normalized spacial score (nSPS) is 12.5. The predicted molar refractivity (Wildman–Crippen MR) is 78.1 cm³/mol. The summed E-state index contributed by atoms with van der Waals surface area (Å²) in [5, 5.41) is 28.6. The quantitative estimate of drug-likeness (QED) is 0.452. The third-order valence-electron chi connectivity index (χ3n) is 3.61. The Bertz CT molecular complexity index is 219. The van der Waals surface area contributed by atoms with Crippen LogP contribution < -0.4 is 5.11 Å². The third kappa shape index (κ3) is 15.4. The average Bonchev–Trinajstić information content (AvgIpc) is 2.41. The molecule has 0 aliphatic carbocycles. The van der Waals surface area contributed by atoms with E-state index in [0.29, 0.717) is 6.42 Å². The van der Waals surface area contributed by atoms with Crippen LogP contribution in [0.3, 0.4) is 0 Å². The van der Waals surface area contributed by atoms with Crippen molar-refractivity contribution < 1.29 is 20.1 Å². The molecule has 0 radical (unpaired) electrons. The standard InChI is InChI=1S/C16H32O4/c17-14-10-6-2-4-8-12-15(18)11-7-3-1-5-9-13-16(19)20/h15,17-18H,1-14H2,(H,19,20)/p-1. The number of carbonyl (C=O) groups is 1. The number of carbonyl (C=O) groups excluding carboxylic acids is 1. The number of hydrogen-bond donors (Lipinski definition) is 2. The lowest BCUT2D eigenvalue weighted by Crippen LogP contribution is -2.21. The van der Waals surface area contributed by atoms with Crippen molar-refractivity contribution in [1.82, 2.24) is 0 Å². The first-order valence-corrected chi connectivity index (χ1v) is 8.15. The van der Waals surface area contributed by atoms with Crippen molar-refractivity contribution in [3.8, 4) is 0 Å². The Morgan fingerprint density at radius 2 is 1.25 bits per heavy atom. The Labute approximate surface area is 123 Å². The van der Waals surface area contributed by atoms with Crippen LogP contribution in [0, 0.1) is 0 Å². The molecule has 4 nitrogen and oxygen atoms in total. The highest BCUT2D eigenvalue weighted by Crippen LogP contribution is 2.13. The minimum absolute atomic E-state index is 0.166. The average molecular weight is 287 g/mol. The van der Waals surface area contributed by atoms with Crippen LogP contribution >= 0.6 is 0 Å². The van der Waals surface area contributed by atoms with Crippen LogP contribution in [-0.4, -0.2) is 28.9 Å². The second-order valence-electron chi connectivity index (χ2n) is 5.61. The second kappa shape index (κ2) is 14.8. The van der Waals surface area contributed by atoms with Gasteiger partial charge < -0.3 is 20.1 Å². The lowest BCUT2D eigenvalue weighted by Gasteiger charge is -2.10. The summed E-state index contributed by atoms with van der Waals surface area (Å²) in [6.45, 7) is 0.283. The first kappa shape index (κ1) is 19.4. The highest BCUT2D eigenvalue weighted by atomic mass is 16.4. The van der Waals surface area contributed by atoms with Gasteiger partial charge in [0, 0.05) is 12.6 Å². The van der Waals surface area contributed by atoms with Crippen molar-refractivity contribution in [2.75, 3.05) is 6.61 Å². The Kier molecular flexibility index (Phi) is 14.3. The van der Waals surface area contributed by atoms with E-state index in [1.54, 1.807) is 0 Å². The Morgan fingerprint density at radius 3 is 1.75 bits per heavy atom. The summed E-state index contributed by atoms with van der Waals surface area (Å²) in [6.07, 6.45) is 11.8. The van der Waals surface area contributed by atoms with Gasteiger partial charge in [-0.1, -0.05) is 51.4 Å². The van der Waals surface area contributed by atoms with Gasteiger partial charge in [-0.15, -0.1) is 0 Å². The van der Waals surface area contributed by atoms with Gasteiger partial charge in [0.05, 0.1) is 6.10 Å². The van der Waals surface area contributed by atoms with Crippen LogP contribution in [0.5, 0.6) is 0 Å². The monoisotopic (exact) mass is 287 g/mol. The third-order valence-corrected chi connectivity index (χ3v) is 3.61.